The molecular formula is C19H26BrIN6. The standard InChI is InChI=1S/C19H25BrN6.HI/c1-2-21-18(25-14-7-8-17-23-13-24-26(17)11-14)22-12-19(9-10-19)15-5-3-4-6-16(15)20;/h3-6,13-14H,2,7-12H2,1H3,(H2,21,22,25);1H. The maximum absolute atomic E-state index is 4.93. The highest BCUT2D eigenvalue weighted by Crippen LogP contribution is 2.50. The third kappa shape index (κ3) is 4.64. The number of nitrogens with zero attached hydrogens (tertiary/aromatic N) is 4. The molecule has 0 spiro atoms. The molecule has 2 heterocycles. The van der Waals surface area contributed by atoms with Crippen LogP contribution in [0, 0.1) is 0 Å². The number of halogens is 2. The minimum atomic E-state index is 0. The molecule has 0 bridgehead atoms. The number of rotatable bonds is 5. The Morgan fingerprint density at radius 1 is 1.37 bits per heavy atom. The lowest BCUT2D eigenvalue weighted by atomic mass is 9.96. The Morgan fingerprint density at radius 3 is 2.93 bits per heavy atom. The highest BCUT2D eigenvalue weighted by atomic mass is 127. The van der Waals surface area contributed by atoms with E-state index in [1.165, 1.54) is 22.9 Å². The highest BCUT2D eigenvalue weighted by molar-refractivity contribution is 14.0. The van der Waals surface area contributed by atoms with Crippen molar-refractivity contribution in [2.45, 2.75) is 50.6 Å². The summed E-state index contributed by atoms with van der Waals surface area (Å²) in [6.45, 7) is 4.62. The Morgan fingerprint density at radius 2 is 2.19 bits per heavy atom. The lowest BCUT2D eigenvalue weighted by molar-refractivity contribution is 0.392. The van der Waals surface area contributed by atoms with Crippen LogP contribution in [0.3, 0.4) is 0 Å². The predicted molar refractivity (Wildman–Crippen MR) is 122 cm³/mol. The van der Waals surface area contributed by atoms with Gasteiger partial charge in [-0.2, -0.15) is 5.10 Å². The number of aromatic nitrogens is 3. The van der Waals surface area contributed by atoms with Crippen LogP contribution in [-0.4, -0.2) is 39.9 Å². The van der Waals surface area contributed by atoms with Crippen molar-refractivity contribution >= 4 is 45.9 Å². The third-order valence-corrected chi connectivity index (χ3v) is 6.02. The molecule has 0 radical (unpaired) electrons. The first-order valence-electron chi connectivity index (χ1n) is 9.37. The molecule has 2 aromatic rings. The van der Waals surface area contributed by atoms with Crippen molar-refractivity contribution in [2.24, 2.45) is 4.99 Å². The van der Waals surface area contributed by atoms with Gasteiger partial charge >= 0.3 is 0 Å². The van der Waals surface area contributed by atoms with E-state index in [4.69, 9.17) is 4.99 Å². The van der Waals surface area contributed by atoms with Crippen LogP contribution in [0.5, 0.6) is 0 Å². The summed E-state index contributed by atoms with van der Waals surface area (Å²) < 4.78 is 3.19. The number of fused-ring (bicyclic) bond motifs is 1. The van der Waals surface area contributed by atoms with Gasteiger partial charge in [0.05, 0.1) is 13.1 Å². The van der Waals surface area contributed by atoms with E-state index in [2.05, 4.69) is 67.8 Å². The van der Waals surface area contributed by atoms with E-state index < -0.39 is 0 Å². The molecule has 1 atom stereocenters. The largest absolute Gasteiger partial charge is 0.357 e. The third-order valence-electron chi connectivity index (χ3n) is 5.33. The first-order valence-corrected chi connectivity index (χ1v) is 10.2. The Hall–Kier alpha value is -1.16. The lowest BCUT2D eigenvalue weighted by Gasteiger charge is -2.26. The summed E-state index contributed by atoms with van der Waals surface area (Å²) in [5.74, 6) is 1.98. The van der Waals surface area contributed by atoms with Crippen LogP contribution in [0.25, 0.3) is 0 Å². The summed E-state index contributed by atoms with van der Waals surface area (Å²) in [6.07, 6.45) is 6.05. The molecule has 2 aliphatic rings. The van der Waals surface area contributed by atoms with Crippen molar-refractivity contribution in [3.05, 3.63) is 46.5 Å². The number of hydrogen-bond acceptors (Lipinski definition) is 3. The van der Waals surface area contributed by atoms with E-state index in [1.807, 2.05) is 4.68 Å². The second-order valence-corrected chi connectivity index (χ2v) is 8.05. The number of nitrogens with one attached hydrogen (secondary N) is 2. The zero-order valence-electron chi connectivity index (χ0n) is 15.5. The van der Waals surface area contributed by atoms with Gasteiger partial charge in [-0.1, -0.05) is 34.1 Å². The number of aryl methyl sites for hydroxylation is 1. The van der Waals surface area contributed by atoms with E-state index in [1.54, 1.807) is 6.33 Å². The molecule has 1 aromatic heterocycles. The summed E-state index contributed by atoms with van der Waals surface area (Å²) >= 11 is 3.71. The molecule has 1 aliphatic heterocycles. The molecule has 1 unspecified atom stereocenters. The van der Waals surface area contributed by atoms with Crippen LogP contribution in [0.4, 0.5) is 0 Å². The summed E-state index contributed by atoms with van der Waals surface area (Å²) in [5.41, 5.74) is 1.57. The SMILES string of the molecule is CCNC(=NCC1(c2ccccc2Br)CC1)NC1CCc2ncnn2C1.I. The number of guanidine groups is 1. The molecular weight excluding hydrogens is 519 g/mol. The van der Waals surface area contributed by atoms with Gasteiger partial charge in [-0.25, -0.2) is 9.67 Å². The van der Waals surface area contributed by atoms with Gasteiger partial charge in [0.15, 0.2) is 5.96 Å². The summed E-state index contributed by atoms with van der Waals surface area (Å²) in [5, 5.41) is 11.3. The Bertz CT molecular complexity index is 801. The molecule has 4 rings (SSSR count). The van der Waals surface area contributed by atoms with E-state index in [0.717, 1.165) is 44.3 Å². The average molecular weight is 545 g/mol. The molecule has 0 saturated heterocycles. The number of aliphatic imine (C=N–C) groups is 1. The first kappa shape index (κ1) is 20.6. The molecule has 0 amide bonds. The molecule has 1 saturated carbocycles. The molecule has 1 aromatic carbocycles. The molecule has 2 N–H and O–H groups in total. The summed E-state index contributed by atoms with van der Waals surface area (Å²) in [6, 6.07) is 8.87. The van der Waals surface area contributed by atoms with Crippen LogP contribution in [0.15, 0.2) is 40.1 Å². The number of benzene rings is 1. The fourth-order valence-electron chi connectivity index (χ4n) is 3.65. The van der Waals surface area contributed by atoms with Crippen LogP contribution >= 0.6 is 39.9 Å². The van der Waals surface area contributed by atoms with Crippen molar-refractivity contribution < 1.29 is 0 Å². The first-order chi connectivity index (χ1) is 12.7. The molecule has 6 nitrogen and oxygen atoms in total. The zero-order valence-corrected chi connectivity index (χ0v) is 19.4. The minimum absolute atomic E-state index is 0. The average Bonchev–Trinajstić information content (AvgIpc) is 3.29. The van der Waals surface area contributed by atoms with E-state index in [-0.39, 0.29) is 29.4 Å². The topological polar surface area (TPSA) is 67.1 Å². The Kier molecular flexibility index (Phi) is 6.78. The zero-order chi connectivity index (χ0) is 18.0. The second-order valence-electron chi connectivity index (χ2n) is 7.19. The van der Waals surface area contributed by atoms with E-state index in [0.29, 0.717) is 6.04 Å². The minimum Gasteiger partial charge on any atom is -0.357 e. The predicted octanol–water partition coefficient (Wildman–Crippen LogP) is 3.26. The maximum atomic E-state index is 4.93. The van der Waals surface area contributed by atoms with Crippen molar-refractivity contribution in [1.29, 1.82) is 0 Å². The van der Waals surface area contributed by atoms with Crippen LogP contribution < -0.4 is 10.6 Å². The molecule has 8 heteroatoms. The van der Waals surface area contributed by atoms with E-state index >= 15 is 0 Å². The monoisotopic (exact) mass is 544 g/mol. The van der Waals surface area contributed by atoms with Gasteiger partial charge in [0, 0.05) is 28.9 Å². The fraction of sp³-hybridized carbons (Fsp3) is 0.526. The maximum Gasteiger partial charge on any atom is 0.191 e. The summed E-state index contributed by atoms with van der Waals surface area (Å²) in [4.78, 5) is 9.23. The van der Waals surface area contributed by atoms with Gasteiger partial charge in [-0.15, -0.1) is 24.0 Å². The van der Waals surface area contributed by atoms with Crippen LogP contribution in [0.1, 0.15) is 37.6 Å². The van der Waals surface area contributed by atoms with Crippen LogP contribution in [-0.2, 0) is 18.4 Å². The fourth-order valence-corrected chi connectivity index (χ4v) is 4.36. The molecule has 1 fully saturated rings. The van der Waals surface area contributed by atoms with Crippen LogP contribution in [0.2, 0.25) is 0 Å². The smallest absolute Gasteiger partial charge is 0.191 e. The highest BCUT2D eigenvalue weighted by Gasteiger charge is 2.45. The molecule has 146 valence electrons. The lowest BCUT2D eigenvalue weighted by Crippen LogP contribution is -2.47. The van der Waals surface area contributed by atoms with Gasteiger partial charge in [-0.3, -0.25) is 4.99 Å². The van der Waals surface area contributed by atoms with Crippen molar-refractivity contribution in [3.8, 4) is 0 Å². The van der Waals surface area contributed by atoms with Crippen molar-refractivity contribution in [1.82, 2.24) is 25.4 Å². The van der Waals surface area contributed by atoms with Crippen molar-refractivity contribution in [3.63, 3.8) is 0 Å². The Labute approximate surface area is 185 Å². The van der Waals surface area contributed by atoms with Gasteiger partial charge in [-0.05, 0) is 37.8 Å². The Balaban J connectivity index is 0.00000210. The van der Waals surface area contributed by atoms with Gasteiger partial charge in [0.25, 0.3) is 0 Å². The second kappa shape index (κ2) is 8.89. The van der Waals surface area contributed by atoms with Crippen molar-refractivity contribution in [2.75, 3.05) is 13.1 Å². The van der Waals surface area contributed by atoms with E-state index in [9.17, 15) is 0 Å². The van der Waals surface area contributed by atoms with Gasteiger partial charge in [0.2, 0.25) is 0 Å². The summed E-state index contributed by atoms with van der Waals surface area (Å²) in [7, 11) is 0. The normalized spacial score (nSPS) is 20.4. The number of hydrogen-bond donors (Lipinski definition) is 2. The molecule has 1 aliphatic carbocycles. The molecule has 27 heavy (non-hydrogen) atoms. The quantitative estimate of drug-likeness (QED) is 0.344. The van der Waals surface area contributed by atoms with Gasteiger partial charge < -0.3 is 10.6 Å². The van der Waals surface area contributed by atoms with Gasteiger partial charge in [0.1, 0.15) is 12.2 Å².